The molecule has 3 unspecified atom stereocenters. The summed E-state index contributed by atoms with van der Waals surface area (Å²) in [6.07, 6.45) is 6.98. The molecule has 2 fully saturated rings. The molecule has 1 saturated carbocycles. The first-order valence-corrected chi connectivity index (χ1v) is 8.31. The summed E-state index contributed by atoms with van der Waals surface area (Å²) in [6, 6.07) is 3.65. The third-order valence-electron chi connectivity index (χ3n) is 5.06. The van der Waals surface area contributed by atoms with E-state index in [1.807, 2.05) is 11.0 Å². The molecule has 1 aromatic rings. The highest BCUT2D eigenvalue weighted by atomic mass is 16.5. The van der Waals surface area contributed by atoms with E-state index in [0.29, 0.717) is 18.5 Å². The number of furan rings is 1. The van der Waals surface area contributed by atoms with Gasteiger partial charge in [0.2, 0.25) is 5.91 Å². The van der Waals surface area contributed by atoms with E-state index in [4.69, 9.17) is 9.15 Å². The zero-order valence-electron chi connectivity index (χ0n) is 13.5. The average Bonchev–Trinajstić information content (AvgIpc) is 3.20. The summed E-state index contributed by atoms with van der Waals surface area (Å²) < 4.78 is 10.2. The molecule has 6 nitrogen and oxygen atoms in total. The van der Waals surface area contributed by atoms with Crippen LogP contribution in [0.15, 0.2) is 22.8 Å². The van der Waals surface area contributed by atoms with Gasteiger partial charge in [0.05, 0.1) is 26.5 Å². The molecule has 2 heterocycles. The van der Waals surface area contributed by atoms with Crippen LogP contribution < -0.4 is 5.32 Å². The highest BCUT2D eigenvalue weighted by molar-refractivity contribution is 5.81. The molecule has 0 bridgehead atoms. The van der Waals surface area contributed by atoms with Gasteiger partial charge in [-0.2, -0.15) is 0 Å². The lowest BCUT2D eigenvalue weighted by atomic mass is 9.85. The van der Waals surface area contributed by atoms with Crippen molar-refractivity contribution < 1.29 is 18.7 Å². The predicted octanol–water partition coefficient (Wildman–Crippen LogP) is 1.70. The van der Waals surface area contributed by atoms with Crippen LogP contribution in [-0.4, -0.2) is 42.5 Å². The Morgan fingerprint density at radius 2 is 2.22 bits per heavy atom. The molecular formula is C17H24N2O4. The van der Waals surface area contributed by atoms with E-state index >= 15 is 0 Å². The Labute approximate surface area is 136 Å². The van der Waals surface area contributed by atoms with Gasteiger partial charge in [0, 0.05) is 6.04 Å². The Kier molecular flexibility index (Phi) is 5.00. The molecule has 1 aromatic heterocycles. The molecule has 1 amide bonds. The Bertz CT molecular complexity index is 543. The van der Waals surface area contributed by atoms with E-state index < -0.39 is 0 Å². The minimum absolute atomic E-state index is 0.0819. The molecule has 2 aliphatic rings. The van der Waals surface area contributed by atoms with Crippen LogP contribution >= 0.6 is 0 Å². The summed E-state index contributed by atoms with van der Waals surface area (Å²) >= 11 is 0. The summed E-state index contributed by atoms with van der Waals surface area (Å²) in [5, 5.41) is 2.86. The van der Waals surface area contributed by atoms with E-state index in [1.165, 1.54) is 20.0 Å². The van der Waals surface area contributed by atoms with Crippen LogP contribution in [0.3, 0.4) is 0 Å². The van der Waals surface area contributed by atoms with E-state index in [9.17, 15) is 9.59 Å². The van der Waals surface area contributed by atoms with E-state index in [0.717, 1.165) is 25.0 Å². The summed E-state index contributed by atoms with van der Waals surface area (Å²) in [5.74, 6) is 0.922. The summed E-state index contributed by atoms with van der Waals surface area (Å²) in [6.45, 7) is 0.609. The van der Waals surface area contributed by atoms with Gasteiger partial charge in [-0.15, -0.1) is 0 Å². The smallest absolute Gasteiger partial charge is 0.323 e. The SMILES string of the molecule is COC(=O)C1CC2CCCCC2N1CC(=O)NCc1ccco1. The number of hydrogen-bond acceptors (Lipinski definition) is 5. The monoisotopic (exact) mass is 320 g/mol. The number of carbonyl (C=O) groups excluding carboxylic acids is 2. The average molecular weight is 320 g/mol. The molecule has 0 radical (unpaired) electrons. The third-order valence-corrected chi connectivity index (χ3v) is 5.06. The second-order valence-corrected chi connectivity index (χ2v) is 6.41. The lowest BCUT2D eigenvalue weighted by Gasteiger charge is -2.32. The van der Waals surface area contributed by atoms with Gasteiger partial charge >= 0.3 is 5.97 Å². The Morgan fingerprint density at radius 3 is 2.96 bits per heavy atom. The molecule has 3 atom stereocenters. The molecule has 23 heavy (non-hydrogen) atoms. The fourth-order valence-corrected chi connectivity index (χ4v) is 3.97. The largest absolute Gasteiger partial charge is 0.468 e. The second kappa shape index (κ2) is 7.17. The quantitative estimate of drug-likeness (QED) is 0.836. The standard InChI is InChI=1S/C17H24N2O4/c1-22-17(21)15-9-12-5-2-3-7-14(12)19(15)11-16(20)18-10-13-6-4-8-23-13/h4,6,8,12,14-15H,2-3,5,7,9-11H2,1H3,(H,18,20). The molecule has 6 heteroatoms. The van der Waals surface area contributed by atoms with Gasteiger partial charge in [-0.25, -0.2) is 0 Å². The van der Waals surface area contributed by atoms with Gasteiger partial charge in [0.15, 0.2) is 0 Å². The number of fused-ring (bicyclic) bond motifs is 1. The molecule has 126 valence electrons. The predicted molar refractivity (Wildman–Crippen MR) is 83.4 cm³/mol. The maximum atomic E-state index is 12.3. The van der Waals surface area contributed by atoms with Crippen molar-refractivity contribution in [3.05, 3.63) is 24.2 Å². The highest BCUT2D eigenvalue weighted by Crippen LogP contribution is 2.39. The molecule has 3 rings (SSSR count). The number of ether oxygens (including phenoxy) is 1. The van der Waals surface area contributed by atoms with Gasteiger partial charge in [-0.1, -0.05) is 12.8 Å². The van der Waals surface area contributed by atoms with Crippen molar-refractivity contribution in [2.75, 3.05) is 13.7 Å². The van der Waals surface area contributed by atoms with Crippen molar-refractivity contribution in [3.8, 4) is 0 Å². The van der Waals surface area contributed by atoms with E-state index in [-0.39, 0.29) is 24.5 Å². The molecule has 0 spiro atoms. The fraction of sp³-hybridized carbons (Fsp3) is 0.647. The van der Waals surface area contributed by atoms with Crippen molar-refractivity contribution in [1.29, 1.82) is 0 Å². The number of likely N-dealkylation sites (tertiary alicyclic amines) is 1. The number of nitrogens with zero attached hydrogens (tertiary/aromatic N) is 1. The Hall–Kier alpha value is -1.82. The van der Waals surface area contributed by atoms with Crippen LogP contribution in [0.1, 0.15) is 37.9 Å². The van der Waals surface area contributed by atoms with Gasteiger partial charge < -0.3 is 14.5 Å². The van der Waals surface area contributed by atoms with Gasteiger partial charge in [0.1, 0.15) is 11.8 Å². The number of hydrogen-bond donors (Lipinski definition) is 1. The number of methoxy groups -OCH3 is 1. The molecular weight excluding hydrogens is 296 g/mol. The molecule has 1 aliphatic heterocycles. The topological polar surface area (TPSA) is 71.8 Å². The van der Waals surface area contributed by atoms with Crippen molar-refractivity contribution in [3.63, 3.8) is 0 Å². The van der Waals surface area contributed by atoms with Crippen LogP contribution in [0.25, 0.3) is 0 Å². The maximum absolute atomic E-state index is 12.3. The van der Waals surface area contributed by atoms with Crippen LogP contribution in [-0.2, 0) is 20.9 Å². The van der Waals surface area contributed by atoms with E-state index in [1.54, 1.807) is 12.3 Å². The van der Waals surface area contributed by atoms with Crippen LogP contribution in [0.2, 0.25) is 0 Å². The molecule has 0 aromatic carbocycles. The van der Waals surface area contributed by atoms with Crippen LogP contribution in [0, 0.1) is 5.92 Å². The summed E-state index contributed by atoms with van der Waals surface area (Å²) in [4.78, 5) is 26.4. The highest BCUT2D eigenvalue weighted by Gasteiger charge is 2.46. The number of rotatable bonds is 5. The second-order valence-electron chi connectivity index (χ2n) is 6.41. The third kappa shape index (κ3) is 3.58. The van der Waals surface area contributed by atoms with Crippen LogP contribution in [0.5, 0.6) is 0 Å². The minimum atomic E-state index is -0.289. The van der Waals surface area contributed by atoms with Gasteiger partial charge in [-0.3, -0.25) is 14.5 Å². The van der Waals surface area contributed by atoms with Crippen molar-refractivity contribution >= 4 is 11.9 Å². The minimum Gasteiger partial charge on any atom is -0.468 e. The molecule has 1 N–H and O–H groups in total. The normalized spacial score (nSPS) is 27.4. The number of esters is 1. The van der Waals surface area contributed by atoms with Crippen LogP contribution in [0.4, 0.5) is 0 Å². The zero-order chi connectivity index (χ0) is 16.2. The first-order valence-electron chi connectivity index (χ1n) is 8.31. The number of nitrogens with one attached hydrogen (secondary N) is 1. The maximum Gasteiger partial charge on any atom is 0.323 e. The van der Waals surface area contributed by atoms with E-state index in [2.05, 4.69) is 5.32 Å². The van der Waals surface area contributed by atoms with Crippen molar-refractivity contribution in [2.24, 2.45) is 5.92 Å². The Morgan fingerprint density at radius 1 is 1.39 bits per heavy atom. The number of carbonyl (C=O) groups is 2. The number of amides is 1. The fourth-order valence-electron chi connectivity index (χ4n) is 3.97. The molecule has 1 saturated heterocycles. The lowest BCUT2D eigenvalue weighted by molar-refractivity contribution is -0.146. The first kappa shape index (κ1) is 16.1. The summed E-state index contributed by atoms with van der Waals surface area (Å²) in [5.41, 5.74) is 0. The van der Waals surface area contributed by atoms with Gasteiger partial charge in [0.25, 0.3) is 0 Å². The van der Waals surface area contributed by atoms with Crippen molar-refractivity contribution in [2.45, 2.75) is 50.7 Å². The van der Waals surface area contributed by atoms with Crippen molar-refractivity contribution in [1.82, 2.24) is 10.2 Å². The summed E-state index contributed by atoms with van der Waals surface area (Å²) in [7, 11) is 1.42. The Balaban J connectivity index is 1.62. The lowest BCUT2D eigenvalue weighted by Crippen LogP contribution is -2.47. The molecule has 1 aliphatic carbocycles. The van der Waals surface area contributed by atoms with Gasteiger partial charge in [-0.05, 0) is 37.3 Å². The first-order chi connectivity index (χ1) is 11.2. The zero-order valence-corrected chi connectivity index (χ0v) is 13.5.